The molecule has 1 amide bonds. The van der Waals surface area contributed by atoms with E-state index in [2.05, 4.69) is 11.6 Å². The lowest BCUT2D eigenvalue weighted by Gasteiger charge is -2.21. The van der Waals surface area contributed by atoms with E-state index in [4.69, 9.17) is 4.74 Å². The van der Waals surface area contributed by atoms with Gasteiger partial charge in [0.25, 0.3) is 0 Å². The van der Waals surface area contributed by atoms with Gasteiger partial charge in [-0.25, -0.2) is 9.78 Å². The average molecular weight is 392 g/mol. The minimum atomic E-state index is -0.369. The van der Waals surface area contributed by atoms with Gasteiger partial charge in [-0.15, -0.1) is 11.3 Å². The van der Waals surface area contributed by atoms with Crippen molar-refractivity contribution in [1.82, 2.24) is 14.3 Å². The van der Waals surface area contributed by atoms with Gasteiger partial charge in [0.05, 0.1) is 12.2 Å². The predicted octanol–water partition coefficient (Wildman–Crippen LogP) is 3.76. The molecule has 2 atom stereocenters. The van der Waals surface area contributed by atoms with E-state index in [-0.39, 0.29) is 29.1 Å². The third kappa shape index (κ3) is 4.02. The van der Waals surface area contributed by atoms with Crippen LogP contribution in [0.4, 0.5) is 4.79 Å². The van der Waals surface area contributed by atoms with Gasteiger partial charge >= 0.3 is 6.09 Å². The minimum absolute atomic E-state index is 0.0655. The van der Waals surface area contributed by atoms with Crippen LogP contribution >= 0.6 is 23.1 Å². The fourth-order valence-electron chi connectivity index (χ4n) is 3.02. The molecule has 3 heterocycles. The van der Waals surface area contributed by atoms with Crippen molar-refractivity contribution in [3.05, 3.63) is 41.8 Å². The second-order valence-corrected chi connectivity index (χ2v) is 8.60. The number of hydrogen-bond donors (Lipinski definition) is 0. The lowest BCUT2D eigenvalue weighted by molar-refractivity contribution is -0.109. The third-order valence-corrected chi connectivity index (χ3v) is 6.37. The molecule has 6 nitrogen and oxygen atoms in total. The molecule has 26 heavy (non-hydrogen) atoms. The summed E-state index contributed by atoms with van der Waals surface area (Å²) in [4.78, 5) is 31.8. The van der Waals surface area contributed by atoms with E-state index in [9.17, 15) is 9.59 Å². The first-order valence-electron chi connectivity index (χ1n) is 8.30. The molecule has 0 aliphatic carbocycles. The van der Waals surface area contributed by atoms with E-state index >= 15 is 0 Å². The normalized spacial score (nSPS) is 20.2. The Bertz CT molecular complexity index is 855. The van der Waals surface area contributed by atoms with E-state index in [1.165, 1.54) is 11.8 Å². The second kappa shape index (κ2) is 8.09. The van der Waals surface area contributed by atoms with Crippen LogP contribution in [0, 0.1) is 6.92 Å². The summed E-state index contributed by atoms with van der Waals surface area (Å²) >= 11 is 2.94. The first-order chi connectivity index (χ1) is 12.5. The molecule has 1 saturated heterocycles. The fourth-order valence-corrected chi connectivity index (χ4v) is 5.03. The van der Waals surface area contributed by atoms with E-state index in [1.807, 2.05) is 29.7 Å². The summed E-state index contributed by atoms with van der Waals surface area (Å²) in [6, 6.07) is -0.0943. The Morgan fingerprint density at radius 1 is 1.54 bits per heavy atom. The molecule has 8 heteroatoms. The van der Waals surface area contributed by atoms with Crippen molar-refractivity contribution in [3.8, 4) is 0 Å². The lowest BCUT2D eigenvalue weighted by Crippen LogP contribution is -2.35. The van der Waals surface area contributed by atoms with Crippen molar-refractivity contribution in [2.24, 2.45) is 0 Å². The molecule has 0 spiro atoms. The molecule has 138 valence electrons. The van der Waals surface area contributed by atoms with Crippen LogP contribution in [-0.2, 0) is 9.53 Å². The van der Waals surface area contributed by atoms with E-state index < -0.39 is 0 Å². The van der Waals surface area contributed by atoms with Gasteiger partial charge in [-0.05, 0) is 19.4 Å². The molecule has 1 aliphatic rings. The van der Waals surface area contributed by atoms with Crippen LogP contribution in [0.5, 0.6) is 0 Å². The van der Waals surface area contributed by atoms with E-state index in [1.54, 1.807) is 35.6 Å². The van der Waals surface area contributed by atoms with Gasteiger partial charge < -0.3 is 9.64 Å². The van der Waals surface area contributed by atoms with Gasteiger partial charge in [-0.3, -0.25) is 9.20 Å². The predicted molar refractivity (Wildman–Crippen MR) is 106 cm³/mol. The minimum Gasteiger partial charge on any atom is -0.445 e. The zero-order chi connectivity index (χ0) is 18.7. The molecular formula is C18H21N3O3S2. The van der Waals surface area contributed by atoms with Crippen LogP contribution in [0.25, 0.3) is 10.9 Å². The number of carbonyl (C=O) groups excluding carboxylic acids is 2. The molecule has 0 unspecified atom stereocenters. The van der Waals surface area contributed by atoms with Crippen molar-refractivity contribution >= 4 is 45.2 Å². The fraction of sp³-hybridized carbons (Fsp3) is 0.389. The summed E-state index contributed by atoms with van der Waals surface area (Å²) in [7, 11) is 0. The highest BCUT2D eigenvalue weighted by Crippen LogP contribution is 2.31. The molecule has 1 aliphatic heterocycles. The van der Waals surface area contributed by atoms with Crippen LogP contribution < -0.4 is 0 Å². The number of imidazole rings is 1. The highest BCUT2D eigenvalue weighted by molar-refractivity contribution is 8.14. The molecule has 2 aromatic rings. The zero-order valence-corrected chi connectivity index (χ0v) is 16.4. The van der Waals surface area contributed by atoms with Gasteiger partial charge in [0.1, 0.15) is 17.8 Å². The number of aryl methyl sites for hydroxylation is 1. The molecule has 0 N–H and O–H groups in total. The van der Waals surface area contributed by atoms with Crippen LogP contribution in [-0.4, -0.2) is 49.9 Å². The standard InChI is InChI=1S/C18H21N3O3S2/c1-4-7-24-18(23)20-10-15(25-13(3)22)8-14(20)5-6-16-12(2)21-11-19-9-17(21)26-16/h4-6,9,11,14-15H,1,7-8,10H2,2-3H3/b6-5+/t14-,15+/m1/s1. The summed E-state index contributed by atoms with van der Waals surface area (Å²) in [5.74, 6) is 0. The quantitative estimate of drug-likeness (QED) is 0.726. The van der Waals surface area contributed by atoms with Crippen molar-refractivity contribution < 1.29 is 14.3 Å². The Morgan fingerprint density at radius 3 is 3.04 bits per heavy atom. The Morgan fingerprint density at radius 2 is 2.35 bits per heavy atom. The maximum absolute atomic E-state index is 12.3. The zero-order valence-electron chi connectivity index (χ0n) is 14.8. The Kier molecular flexibility index (Phi) is 5.83. The first kappa shape index (κ1) is 18.7. The van der Waals surface area contributed by atoms with Gasteiger partial charge in [0.2, 0.25) is 0 Å². The number of carbonyl (C=O) groups is 2. The first-order valence-corrected chi connectivity index (χ1v) is 10.0. The summed E-state index contributed by atoms with van der Waals surface area (Å²) in [5, 5.41) is 0.151. The van der Waals surface area contributed by atoms with Crippen LogP contribution in [0.2, 0.25) is 0 Å². The molecule has 3 rings (SSSR count). The Balaban J connectivity index is 1.78. The van der Waals surface area contributed by atoms with Gasteiger partial charge in [-0.1, -0.05) is 30.5 Å². The maximum Gasteiger partial charge on any atom is 0.410 e. The number of aromatic nitrogens is 2. The molecular weight excluding hydrogens is 370 g/mol. The number of nitrogens with zero attached hydrogens (tertiary/aromatic N) is 3. The number of thioether (sulfide) groups is 1. The number of hydrogen-bond acceptors (Lipinski definition) is 6. The average Bonchev–Trinajstić information content (AvgIpc) is 3.27. The molecule has 0 bridgehead atoms. The maximum atomic E-state index is 12.3. The molecule has 1 fully saturated rings. The van der Waals surface area contributed by atoms with Crippen LogP contribution in [0.15, 0.2) is 31.3 Å². The van der Waals surface area contributed by atoms with Crippen molar-refractivity contribution in [3.63, 3.8) is 0 Å². The van der Waals surface area contributed by atoms with E-state index in [0.717, 1.165) is 21.8 Å². The number of likely N-dealkylation sites (tertiary alicyclic amines) is 1. The second-order valence-electron chi connectivity index (χ2n) is 6.07. The number of ether oxygens (including phenoxy) is 1. The Labute approximate surface area is 160 Å². The summed E-state index contributed by atoms with van der Waals surface area (Å²) in [5.41, 5.74) is 1.12. The number of fused-ring (bicyclic) bond motifs is 1. The van der Waals surface area contributed by atoms with Crippen molar-refractivity contribution in [2.75, 3.05) is 13.2 Å². The number of thiazole rings is 1. The van der Waals surface area contributed by atoms with E-state index in [0.29, 0.717) is 6.54 Å². The largest absolute Gasteiger partial charge is 0.445 e. The molecule has 0 saturated carbocycles. The molecule has 0 aromatic carbocycles. The summed E-state index contributed by atoms with van der Waals surface area (Å²) < 4.78 is 7.25. The third-order valence-electron chi connectivity index (χ3n) is 4.20. The van der Waals surface area contributed by atoms with Crippen LogP contribution in [0.1, 0.15) is 23.9 Å². The SMILES string of the molecule is C=CCOC(=O)N1C[C@@H](SC(C)=O)C[C@H]1/C=C/c1sc2cncn2c1C. The summed E-state index contributed by atoms with van der Waals surface area (Å²) in [6.45, 7) is 7.85. The highest BCUT2D eigenvalue weighted by atomic mass is 32.2. The Hall–Kier alpha value is -2.06. The molecule has 2 aromatic heterocycles. The van der Waals surface area contributed by atoms with Gasteiger partial charge in [0, 0.05) is 29.3 Å². The highest BCUT2D eigenvalue weighted by Gasteiger charge is 2.35. The molecule has 0 radical (unpaired) electrons. The lowest BCUT2D eigenvalue weighted by atomic mass is 10.2. The number of amides is 1. The van der Waals surface area contributed by atoms with Gasteiger partial charge in [-0.2, -0.15) is 0 Å². The smallest absolute Gasteiger partial charge is 0.410 e. The topological polar surface area (TPSA) is 63.9 Å². The number of rotatable bonds is 5. The monoisotopic (exact) mass is 391 g/mol. The van der Waals surface area contributed by atoms with Crippen molar-refractivity contribution in [1.29, 1.82) is 0 Å². The van der Waals surface area contributed by atoms with Crippen LogP contribution in [0.3, 0.4) is 0 Å². The summed E-state index contributed by atoms with van der Waals surface area (Å²) in [6.07, 6.45) is 9.62. The van der Waals surface area contributed by atoms with Gasteiger partial charge in [0.15, 0.2) is 5.12 Å². The van der Waals surface area contributed by atoms with Crippen molar-refractivity contribution in [2.45, 2.75) is 31.6 Å².